The van der Waals surface area contributed by atoms with Crippen LogP contribution in [-0.4, -0.2) is 11.6 Å². The fraction of sp³-hybridized carbons (Fsp3) is 0.333. The van der Waals surface area contributed by atoms with Crippen LogP contribution in [0.15, 0.2) is 36.4 Å². The second-order valence-electron chi connectivity index (χ2n) is 5.15. The molecule has 0 aliphatic heterocycles. The minimum Gasteiger partial charge on any atom is -0.294 e. The van der Waals surface area contributed by atoms with Crippen LogP contribution in [0.2, 0.25) is 0 Å². The minimum absolute atomic E-state index is 0.0749. The molecule has 2 aliphatic rings. The molecule has 1 aromatic carbocycles. The molecular formula is C15H14O2. The molecule has 0 N–H and O–H groups in total. The summed E-state index contributed by atoms with van der Waals surface area (Å²) in [5.74, 6) is 0.344. The third-order valence-electron chi connectivity index (χ3n) is 3.82. The molecule has 0 amide bonds. The van der Waals surface area contributed by atoms with E-state index in [2.05, 4.69) is 6.58 Å². The molecule has 0 bridgehead atoms. The molecular weight excluding hydrogens is 212 g/mol. The first kappa shape index (κ1) is 10.5. The Kier molecular flexibility index (Phi) is 2.09. The van der Waals surface area contributed by atoms with Crippen LogP contribution in [0.5, 0.6) is 0 Å². The van der Waals surface area contributed by atoms with Gasteiger partial charge >= 0.3 is 0 Å². The molecule has 3 rings (SSSR count). The fourth-order valence-electron chi connectivity index (χ4n) is 3.02. The lowest BCUT2D eigenvalue weighted by molar-refractivity contribution is 0.0878. The van der Waals surface area contributed by atoms with Crippen LogP contribution in [0.25, 0.3) is 0 Å². The van der Waals surface area contributed by atoms with E-state index in [1.807, 2.05) is 19.1 Å². The predicted molar refractivity (Wildman–Crippen MR) is 65.0 cm³/mol. The standard InChI is InChI=1S/C15H14O2/c1-8(2)7-11-12-13(11)15(17)10-6-4-3-5-9(10)14(12)16/h3-6,11-13H,1,7H2,2H3. The largest absolute Gasteiger partial charge is 0.294 e. The third kappa shape index (κ3) is 1.40. The Balaban J connectivity index is 1.99. The Hall–Kier alpha value is -1.70. The molecule has 2 atom stereocenters. The topological polar surface area (TPSA) is 34.1 Å². The second-order valence-corrected chi connectivity index (χ2v) is 5.15. The molecule has 1 saturated carbocycles. The molecule has 0 spiro atoms. The normalized spacial score (nSPS) is 29.6. The number of hydrogen-bond donors (Lipinski definition) is 0. The number of ketones is 2. The monoisotopic (exact) mass is 226 g/mol. The molecule has 0 radical (unpaired) electrons. The lowest BCUT2D eigenvalue weighted by Crippen LogP contribution is -2.19. The molecule has 1 aromatic rings. The van der Waals surface area contributed by atoms with Gasteiger partial charge in [-0.05, 0) is 19.3 Å². The van der Waals surface area contributed by atoms with Crippen molar-refractivity contribution in [3.63, 3.8) is 0 Å². The highest BCUT2D eigenvalue weighted by Gasteiger charge is 2.61. The van der Waals surface area contributed by atoms with Crippen molar-refractivity contribution in [3.05, 3.63) is 47.5 Å². The smallest absolute Gasteiger partial charge is 0.167 e. The van der Waals surface area contributed by atoms with Gasteiger partial charge in [-0.1, -0.05) is 29.8 Å². The van der Waals surface area contributed by atoms with Crippen LogP contribution in [0, 0.1) is 17.8 Å². The highest BCUT2D eigenvalue weighted by molar-refractivity contribution is 6.19. The summed E-state index contributed by atoms with van der Waals surface area (Å²) in [4.78, 5) is 24.4. The van der Waals surface area contributed by atoms with E-state index in [9.17, 15) is 9.59 Å². The highest BCUT2D eigenvalue weighted by Crippen LogP contribution is 2.55. The van der Waals surface area contributed by atoms with Gasteiger partial charge in [0.15, 0.2) is 11.6 Å². The highest BCUT2D eigenvalue weighted by atomic mass is 16.1. The summed E-state index contributed by atoms with van der Waals surface area (Å²) in [6.45, 7) is 5.82. The van der Waals surface area contributed by atoms with E-state index < -0.39 is 0 Å². The van der Waals surface area contributed by atoms with E-state index in [0.717, 1.165) is 12.0 Å². The zero-order valence-electron chi connectivity index (χ0n) is 9.77. The number of fused-ring (bicyclic) bond motifs is 2. The number of benzene rings is 1. The SMILES string of the molecule is C=C(C)CC1C2C(=O)c3ccccc3C(=O)C12. The van der Waals surface area contributed by atoms with Gasteiger partial charge in [0, 0.05) is 23.0 Å². The van der Waals surface area contributed by atoms with Crippen LogP contribution < -0.4 is 0 Å². The van der Waals surface area contributed by atoms with Crippen molar-refractivity contribution in [2.24, 2.45) is 17.8 Å². The van der Waals surface area contributed by atoms with Crippen molar-refractivity contribution in [1.29, 1.82) is 0 Å². The molecule has 2 unspecified atom stereocenters. The van der Waals surface area contributed by atoms with Crippen molar-refractivity contribution < 1.29 is 9.59 Å². The summed E-state index contributed by atoms with van der Waals surface area (Å²) >= 11 is 0. The summed E-state index contributed by atoms with van der Waals surface area (Å²) in [5, 5.41) is 0. The van der Waals surface area contributed by atoms with Gasteiger partial charge in [0.05, 0.1) is 0 Å². The van der Waals surface area contributed by atoms with Crippen molar-refractivity contribution >= 4 is 11.6 Å². The zero-order chi connectivity index (χ0) is 12.2. The van der Waals surface area contributed by atoms with Crippen molar-refractivity contribution in [3.8, 4) is 0 Å². The summed E-state index contributed by atoms with van der Waals surface area (Å²) in [7, 11) is 0. The van der Waals surface area contributed by atoms with Gasteiger partial charge < -0.3 is 0 Å². The van der Waals surface area contributed by atoms with Gasteiger partial charge in [-0.2, -0.15) is 0 Å². The summed E-state index contributed by atoms with van der Waals surface area (Å²) in [6, 6.07) is 7.17. The molecule has 0 aromatic heterocycles. The Morgan fingerprint density at radius 3 is 2.00 bits per heavy atom. The van der Waals surface area contributed by atoms with Crippen LogP contribution in [0.3, 0.4) is 0 Å². The lowest BCUT2D eigenvalue weighted by atomic mass is 9.90. The van der Waals surface area contributed by atoms with Crippen molar-refractivity contribution in [1.82, 2.24) is 0 Å². The second kappa shape index (κ2) is 3.39. The Morgan fingerprint density at radius 2 is 1.59 bits per heavy atom. The van der Waals surface area contributed by atoms with E-state index in [1.54, 1.807) is 12.1 Å². The molecule has 0 saturated heterocycles. The van der Waals surface area contributed by atoms with Gasteiger partial charge in [0.2, 0.25) is 0 Å². The van der Waals surface area contributed by atoms with Gasteiger partial charge in [-0.15, -0.1) is 6.58 Å². The Labute approximate surface area is 100 Å². The van der Waals surface area contributed by atoms with E-state index >= 15 is 0 Å². The summed E-state index contributed by atoms with van der Waals surface area (Å²) in [6.07, 6.45) is 0.792. The lowest BCUT2D eigenvalue weighted by Gasteiger charge is -2.11. The van der Waals surface area contributed by atoms with Gasteiger partial charge in [-0.3, -0.25) is 9.59 Å². The summed E-state index contributed by atoms with van der Waals surface area (Å²) in [5.41, 5.74) is 2.28. The number of hydrogen-bond acceptors (Lipinski definition) is 2. The third-order valence-corrected chi connectivity index (χ3v) is 3.82. The predicted octanol–water partition coefficient (Wildman–Crippen LogP) is 2.89. The zero-order valence-corrected chi connectivity index (χ0v) is 9.77. The molecule has 2 nitrogen and oxygen atoms in total. The van der Waals surface area contributed by atoms with Gasteiger partial charge in [-0.25, -0.2) is 0 Å². The van der Waals surface area contributed by atoms with Gasteiger partial charge in [0.25, 0.3) is 0 Å². The van der Waals surface area contributed by atoms with Crippen molar-refractivity contribution in [2.75, 3.05) is 0 Å². The maximum Gasteiger partial charge on any atom is 0.167 e. The molecule has 17 heavy (non-hydrogen) atoms. The van der Waals surface area contributed by atoms with Crippen LogP contribution in [0.4, 0.5) is 0 Å². The first-order valence-electron chi connectivity index (χ1n) is 5.93. The fourth-order valence-corrected chi connectivity index (χ4v) is 3.02. The van der Waals surface area contributed by atoms with Gasteiger partial charge in [0.1, 0.15) is 0 Å². The van der Waals surface area contributed by atoms with E-state index in [-0.39, 0.29) is 29.3 Å². The number of carbonyl (C=O) groups is 2. The Morgan fingerprint density at radius 1 is 1.12 bits per heavy atom. The minimum atomic E-state index is -0.0749. The Bertz CT molecular complexity index is 501. The molecule has 1 fully saturated rings. The summed E-state index contributed by atoms with van der Waals surface area (Å²) < 4.78 is 0. The van der Waals surface area contributed by atoms with Crippen LogP contribution in [0.1, 0.15) is 34.1 Å². The van der Waals surface area contributed by atoms with Crippen molar-refractivity contribution in [2.45, 2.75) is 13.3 Å². The average Bonchev–Trinajstić information content (AvgIpc) is 3.00. The molecule has 86 valence electrons. The first-order valence-corrected chi connectivity index (χ1v) is 5.93. The van der Waals surface area contributed by atoms with E-state index in [1.165, 1.54) is 0 Å². The van der Waals surface area contributed by atoms with E-state index in [0.29, 0.717) is 11.1 Å². The van der Waals surface area contributed by atoms with Crippen LogP contribution >= 0.6 is 0 Å². The number of allylic oxidation sites excluding steroid dienone is 1. The van der Waals surface area contributed by atoms with Crippen LogP contribution in [-0.2, 0) is 0 Å². The van der Waals surface area contributed by atoms with E-state index in [4.69, 9.17) is 0 Å². The maximum atomic E-state index is 12.2. The molecule has 2 heteroatoms. The molecule has 2 aliphatic carbocycles. The number of rotatable bonds is 2. The maximum absolute atomic E-state index is 12.2. The number of carbonyl (C=O) groups excluding carboxylic acids is 2. The molecule has 0 heterocycles. The average molecular weight is 226 g/mol. The number of Topliss-reactive ketones (excluding diaryl/α,β-unsaturated/α-hetero) is 2. The quantitative estimate of drug-likeness (QED) is 0.727. The first-order chi connectivity index (χ1) is 8.11.